The highest BCUT2D eigenvalue weighted by atomic mass is 16.6. The molecule has 1 unspecified atom stereocenters. The van der Waals surface area contributed by atoms with E-state index >= 15 is 0 Å². The van der Waals surface area contributed by atoms with Gasteiger partial charge in [0.25, 0.3) is 0 Å². The monoisotopic (exact) mass is 249 g/mol. The maximum Gasteiger partial charge on any atom is 0.415 e. The van der Waals surface area contributed by atoms with Crippen LogP contribution in [0.5, 0.6) is 0 Å². The summed E-state index contributed by atoms with van der Waals surface area (Å²) in [6, 6.07) is 6.34. The normalized spacial score (nSPS) is 18.6. The molecule has 1 fully saturated rings. The number of nitrogens with two attached hydrogens (primary N) is 1. The number of benzene rings is 1. The number of carbonyl (C=O) groups is 2. The standard InChI is InChI=1S/C11H11N3O4/c12-9(13)6-1-3-7(4-2-6)14-5-8(10(15)16)18-11(14)17/h1-4,8H,5H2,(H3,12,13)(H,15,16). The lowest BCUT2D eigenvalue weighted by molar-refractivity contribution is -0.144. The number of carboxylic acid groups (broad SMARTS) is 1. The first-order valence-electron chi connectivity index (χ1n) is 5.14. The first kappa shape index (κ1) is 11.9. The predicted octanol–water partition coefficient (Wildman–Crippen LogP) is 0.380. The molecule has 18 heavy (non-hydrogen) atoms. The van der Waals surface area contributed by atoms with E-state index in [1.165, 1.54) is 4.90 Å². The van der Waals surface area contributed by atoms with Crippen LogP contribution in [0.3, 0.4) is 0 Å². The van der Waals surface area contributed by atoms with Crippen molar-refractivity contribution in [1.29, 1.82) is 5.41 Å². The molecule has 1 amide bonds. The quantitative estimate of drug-likeness (QED) is 0.529. The van der Waals surface area contributed by atoms with Gasteiger partial charge in [-0.05, 0) is 24.3 Å². The molecule has 4 N–H and O–H groups in total. The fraction of sp³-hybridized carbons (Fsp3) is 0.182. The van der Waals surface area contributed by atoms with Crippen molar-refractivity contribution in [2.75, 3.05) is 11.4 Å². The van der Waals surface area contributed by atoms with E-state index in [0.717, 1.165) is 0 Å². The van der Waals surface area contributed by atoms with Crippen LogP contribution in [-0.2, 0) is 9.53 Å². The topological polar surface area (TPSA) is 117 Å². The fourth-order valence-corrected chi connectivity index (χ4v) is 1.62. The predicted molar refractivity (Wildman–Crippen MR) is 62.7 cm³/mol. The highest BCUT2D eigenvalue weighted by Gasteiger charge is 2.36. The fourth-order valence-electron chi connectivity index (χ4n) is 1.62. The Balaban J connectivity index is 2.19. The molecular formula is C11H11N3O4. The summed E-state index contributed by atoms with van der Waals surface area (Å²) in [4.78, 5) is 23.4. The van der Waals surface area contributed by atoms with Crippen LogP contribution in [0.4, 0.5) is 10.5 Å². The number of nitrogens with zero attached hydrogens (tertiary/aromatic N) is 1. The molecule has 1 aromatic carbocycles. The summed E-state index contributed by atoms with van der Waals surface area (Å²) < 4.78 is 4.69. The van der Waals surface area contributed by atoms with Crippen LogP contribution in [-0.4, -0.2) is 35.7 Å². The van der Waals surface area contributed by atoms with E-state index < -0.39 is 18.2 Å². The van der Waals surface area contributed by atoms with Crippen molar-refractivity contribution in [1.82, 2.24) is 0 Å². The Hall–Kier alpha value is -2.57. The van der Waals surface area contributed by atoms with Crippen molar-refractivity contribution in [3.63, 3.8) is 0 Å². The summed E-state index contributed by atoms with van der Waals surface area (Å²) in [7, 11) is 0. The van der Waals surface area contributed by atoms with E-state index in [0.29, 0.717) is 11.3 Å². The van der Waals surface area contributed by atoms with Crippen molar-refractivity contribution in [2.24, 2.45) is 5.73 Å². The van der Waals surface area contributed by atoms with Gasteiger partial charge in [0.05, 0.1) is 6.54 Å². The molecule has 0 aromatic heterocycles. The number of amidine groups is 1. The number of aliphatic carboxylic acids is 1. The molecule has 1 aromatic rings. The van der Waals surface area contributed by atoms with Gasteiger partial charge in [0.2, 0.25) is 6.10 Å². The molecule has 7 nitrogen and oxygen atoms in total. The highest BCUT2D eigenvalue weighted by Crippen LogP contribution is 2.22. The Bertz CT molecular complexity index is 512. The van der Waals surface area contributed by atoms with Gasteiger partial charge in [-0.25, -0.2) is 9.59 Å². The Labute approximate surface area is 102 Å². The molecular weight excluding hydrogens is 238 g/mol. The third-order valence-electron chi connectivity index (χ3n) is 2.58. The SMILES string of the molecule is N=C(N)c1ccc(N2CC(C(=O)O)OC2=O)cc1. The van der Waals surface area contributed by atoms with Gasteiger partial charge in [0.1, 0.15) is 5.84 Å². The van der Waals surface area contributed by atoms with E-state index in [1.807, 2.05) is 0 Å². The second kappa shape index (κ2) is 4.36. The second-order valence-corrected chi connectivity index (χ2v) is 3.78. The number of carbonyl (C=O) groups excluding carboxylic acids is 1. The number of anilines is 1. The average Bonchev–Trinajstić information content (AvgIpc) is 2.71. The highest BCUT2D eigenvalue weighted by molar-refractivity contribution is 5.97. The van der Waals surface area contributed by atoms with Crippen molar-refractivity contribution in [2.45, 2.75) is 6.10 Å². The average molecular weight is 249 g/mol. The Morgan fingerprint density at radius 2 is 2.06 bits per heavy atom. The van der Waals surface area contributed by atoms with Crippen molar-refractivity contribution in [3.8, 4) is 0 Å². The van der Waals surface area contributed by atoms with Crippen LogP contribution in [0.25, 0.3) is 0 Å². The number of nitrogens with one attached hydrogen (secondary N) is 1. The maximum atomic E-state index is 11.5. The summed E-state index contributed by atoms with van der Waals surface area (Å²) >= 11 is 0. The molecule has 1 heterocycles. The Kier molecular flexibility index (Phi) is 2.88. The van der Waals surface area contributed by atoms with Crippen LogP contribution in [0.15, 0.2) is 24.3 Å². The molecule has 1 saturated heterocycles. The second-order valence-electron chi connectivity index (χ2n) is 3.78. The Morgan fingerprint density at radius 3 is 2.50 bits per heavy atom. The summed E-state index contributed by atoms with van der Waals surface area (Å²) in [6.07, 6.45) is -1.84. The van der Waals surface area contributed by atoms with Crippen LogP contribution in [0, 0.1) is 5.41 Å². The smallest absolute Gasteiger partial charge is 0.415 e. The van der Waals surface area contributed by atoms with Crippen LogP contribution in [0.1, 0.15) is 5.56 Å². The van der Waals surface area contributed by atoms with Gasteiger partial charge in [-0.3, -0.25) is 10.3 Å². The molecule has 2 rings (SSSR count). The summed E-state index contributed by atoms with van der Waals surface area (Å²) in [5.41, 5.74) is 6.34. The van der Waals surface area contributed by atoms with Gasteiger partial charge < -0.3 is 15.6 Å². The zero-order valence-corrected chi connectivity index (χ0v) is 9.29. The lowest BCUT2D eigenvalue weighted by Crippen LogP contribution is -2.27. The van der Waals surface area contributed by atoms with Crippen molar-refractivity contribution < 1.29 is 19.4 Å². The van der Waals surface area contributed by atoms with Gasteiger partial charge >= 0.3 is 12.1 Å². The minimum absolute atomic E-state index is 0.0341. The number of rotatable bonds is 3. The number of ether oxygens (including phenoxy) is 1. The van der Waals surface area contributed by atoms with Gasteiger partial charge in [-0.1, -0.05) is 0 Å². The molecule has 7 heteroatoms. The molecule has 0 spiro atoms. The number of hydrogen-bond acceptors (Lipinski definition) is 4. The van der Waals surface area contributed by atoms with Gasteiger partial charge in [0.15, 0.2) is 0 Å². The molecule has 0 radical (unpaired) electrons. The lowest BCUT2D eigenvalue weighted by Gasteiger charge is -2.12. The van der Waals surface area contributed by atoms with Crippen molar-refractivity contribution >= 4 is 23.6 Å². The molecule has 94 valence electrons. The largest absolute Gasteiger partial charge is 0.478 e. The zero-order valence-electron chi connectivity index (χ0n) is 9.29. The van der Waals surface area contributed by atoms with E-state index in [4.69, 9.17) is 16.2 Å². The molecule has 1 atom stereocenters. The van der Waals surface area contributed by atoms with E-state index in [2.05, 4.69) is 4.74 Å². The summed E-state index contributed by atoms with van der Waals surface area (Å²) in [5, 5.41) is 16.0. The lowest BCUT2D eigenvalue weighted by atomic mass is 10.2. The number of carboxylic acids is 1. The first-order valence-corrected chi connectivity index (χ1v) is 5.14. The van der Waals surface area contributed by atoms with Crippen molar-refractivity contribution in [3.05, 3.63) is 29.8 Å². The summed E-state index contributed by atoms with van der Waals surface area (Å²) in [6.45, 7) is -0.0341. The van der Waals surface area contributed by atoms with Crippen LogP contribution < -0.4 is 10.6 Å². The minimum Gasteiger partial charge on any atom is -0.478 e. The molecule has 0 bridgehead atoms. The third kappa shape index (κ3) is 2.10. The summed E-state index contributed by atoms with van der Waals surface area (Å²) in [5.74, 6) is -1.25. The molecule has 0 aliphatic carbocycles. The first-order chi connectivity index (χ1) is 8.49. The maximum absolute atomic E-state index is 11.5. The number of cyclic esters (lactones) is 1. The molecule has 1 aliphatic heterocycles. The van der Waals surface area contributed by atoms with Gasteiger partial charge in [-0.15, -0.1) is 0 Å². The number of hydrogen-bond donors (Lipinski definition) is 3. The van der Waals surface area contributed by atoms with E-state index in [9.17, 15) is 9.59 Å². The third-order valence-corrected chi connectivity index (χ3v) is 2.58. The van der Waals surface area contributed by atoms with Crippen LogP contribution in [0.2, 0.25) is 0 Å². The minimum atomic E-state index is -1.17. The number of amides is 1. The van der Waals surface area contributed by atoms with E-state index in [1.54, 1.807) is 24.3 Å². The molecule has 0 saturated carbocycles. The number of nitrogen functional groups attached to an aromatic ring is 1. The van der Waals surface area contributed by atoms with Crippen LogP contribution >= 0.6 is 0 Å². The van der Waals surface area contributed by atoms with E-state index in [-0.39, 0.29) is 12.4 Å². The zero-order chi connectivity index (χ0) is 13.3. The Morgan fingerprint density at radius 1 is 1.44 bits per heavy atom. The molecule has 1 aliphatic rings. The van der Waals surface area contributed by atoms with Gasteiger partial charge in [0, 0.05) is 11.3 Å². The van der Waals surface area contributed by atoms with Gasteiger partial charge in [-0.2, -0.15) is 0 Å².